The number of furan rings is 1. The highest BCUT2D eigenvalue weighted by atomic mass is 16.5. The highest BCUT2D eigenvalue weighted by Crippen LogP contribution is 2.20. The smallest absolute Gasteiger partial charge is 0.308 e. The number of esters is 1. The zero-order chi connectivity index (χ0) is 19.6. The number of anilines is 1. The lowest BCUT2D eigenvalue weighted by molar-refractivity contribution is -0.147. The van der Waals surface area contributed by atoms with Gasteiger partial charge in [0.05, 0.1) is 12.7 Å². The predicted molar refractivity (Wildman–Crippen MR) is 100 cm³/mol. The molecule has 0 bridgehead atoms. The molecule has 0 saturated heterocycles. The van der Waals surface area contributed by atoms with Crippen LogP contribution < -0.4 is 10.6 Å². The van der Waals surface area contributed by atoms with Crippen LogP contribution in [-0.4, -0.2) is 30.9 Å². The van der Waals surface area contributed by atoms with Gasteiger partial charge >= 0.3 is 5.97 Å². The van der Waals surface area contributed by atoms with Crippen LogP contribution in [0.15, 0.2) is 47.1 Å². The van der Waals surface area contributed by atoms with Crippen LogP contribution in [0.5, 0.6) is 0 Å². The number of rotatable bonds is 9. The highest BCUT2D eigenvalue weighted by molar-refractivity contribution is 5.93. The summed E-state index contributed by atoms with van der Waals surface area (Å²) in [5.74, 6) is -0.770. The molecule has 0 spiro atoms. The summed E-state index contributed by atoms with van der Waals surface area (Å²) in [7, 11) is 0. The molecule has 2 aromatic rings. The number of carbonyl (C=O) groups excluding carboxylic acids is 3. The van der Waals surface area contributed by atoms with Crippen LogP contribution in [0.25, 0.3) is 0 Å². The fraction of sp³-hybridized carbons (Fsp3) is 0.350. The lowest BCUT2D eigenvalue weighted by Crippen LogP contribution is -2.27. The fourth-order valence-electron chi connectivity index (χ4n) is 2.32. The van der Waals surface area contributed by atoms with Crippen molar-refractivity contribution in [3.8, 4) is 0 Å². The van der Waals surface area contributed by atoms with E-state index in [0.29, 0.717) is 11.6 Å². The Morgan fingerprint density at radius 1 is 1.15 bits per heavy atom. The number of carbonyl (C=O) groups is 3. The molecule has 144 valence electrons. The van der Waals surface area contributed by atoms with Crippen molar-refractivity contribution < 1.29 is 23.5 Å². The van der Waals surface area contributed by atoms with Gasteiger partial charge in [-0.25, -0.2) is 0 Å². The normalized spacial score (nSPS) is 11.5. The molecule has 7 nitrogen and oxygen atoms in total. The maximum atomic E-state index is 11.9. The van der Waals surface area contributed by atoms with E-state index in [-0.39, 0.29) is 25.3 Å². The Kier molecular flexibility index (Phi) is 7.61. The van der Waals surface area contributed by atoms with Gasteiger partial charge in [0.25, 0.3) is 11.8 Å². The third-order valence-electron chi connectivity index (χ3n) is 4.10. The average molecular weight is 372 g/mol. The monoisotopic (exact) mass is 372 g/mol. The van der Waals surface area contributed by atoms with Gasteiger partial charge in [0.15, 0.2) is 12.4 Å². The average Bonchev–Trinajstić information content (AvgIpc) is 3.21. The second-order valence-corrected chi connectivity index (χ2v) is 6.12. The molecule has 0 saturated carbocycles. The summed E-state index contributed by atoms with van der Waals surface area (Å²) in [4.78, 5) is 35.1. The number of nitrogens with one attached hydrogen (secondary N) is 2. The molecule has 27 heavy (non-hydrogen) atoms. The van der Waals surface area contributed by atoms with Crippen molar-refractivity contribution in [1.29, 1.82) is 0 Å². The Bertz CT molecular complexity index is 753. The molecule has 2 rings (SSSR count). The standard InChI is InChI=1S/C20H24N2O5/c1-3-14(2)15-6-8-16(9-7-15)22-18(23)13-27-19(24)10-11-21-20(25)17-5-4-12-26-17/h4-9,12,14H,3,10-11,13H2,1-2H3,(H,21,25)(H,22,23)/t14-/m0/s1. The van der Waals surface area contributed by atoms with Gasteiger partial charge in [-0.3, -0.25) is 14.4 Å². The van der Waals surface area contributed by atoms with Gasteiger partial charge in [-0.15, -0.1) is 0 Å². The first kappa shape index (κ1) is 20.2. The molecule has 1 atom stereocenters. The second kappa shape index (κ2) is 10.2. The van der Waals surface area contributed by atoms with E-state index >= 15 is 0 Å². The topological polar surface area (TPSA) is 97.6 Å². The molecule has 7 heteroatoms. The van der Waals surface area contributed by atoms with E-state index in [1.807, 2.05) is 24.3 Å². The number of ether oxygens (including phenoxy) is 1. The van der Waals surface area contributed by atoms with Crippen LogP contribution in [0.3, 0.4) is 0 Å². The first-order valence-electron chi connectivity index (χ1n) is 8.86. The zero-order valence-corrected chi connectivity index (χ0v) is 15.5. The molecule has 0 aliphatic rings. The molecule has 1 aromatic carbocycles. The van der Waals surface area contributed by atoms with Crippen LogP contribution >= 0.6 is 0 Å². The molecule has 0 unspecified atom stereocenters. The van der Waals surface area contributed by atoms with Gasteiger partial charge < -0.3 is 19.8 Å². The van der Waals surface area contributed by atoms with Gasteiger partial charge in [-0.05, 0) is 42.2 Å². The summed E-state index contributed by atoms with van der Waals surface area (Å²) < 4.78 is 9.84. The first-order chi connectivity index (χ1) is 13.0. The van der Waals surface area contributed by atoms with Gasteiger partial charge in [0, 0.05) is 12.2 Å². The molecule has 0 aliphatic heterocycles. The molecule has 2 N–H and O–H groups in total. The summed E-state index contributed by atoms with van der Waals surface area (Å²) in [5.41, 5.74) is 1.85. The van der Waals surface area contributed by atoms with E-state index in [4.69, 9.17) is 9.15 Å². The second-order valence-electron chi connectivity index (χ2n) is 6.12. The van der Waals surface area contributed by atoms with E-state index in [2.05, 4.69) is 24.5 Å². The van der Waals surface area contributed by atoms with E-state index in [1.54, 1.807) is 6.07 Å². The highest BCUT2D eigenvalue weighted by Gasteiger charge is 2.11. The summed E-state index contributed by atoms with van der Waals surface area (Å²) >= 11 is 0. The van der Waals surface area contributed by atoms with Crippen LogP contribution in [-0.2, 0) is 14.3 Å². The minimum Gasteiger partial charge on any atom is -0.459 e. The summed E-state index contributed by atoms with van der Waals surface area (Å²) in [6.07, 6.45) is 2.40. The lowest BCUT2D eigenvalue weighted by atomic mass is 9.99. The molecule has 0 radical (unpaired) electrons. The van der Waals surface area contributed by atoms with Gasteiger partial charge in [-0.2, -0.15) is 0 Å². The fourth-order valence-corrected chi connectivity index (χ4v) is 2.32. The molecular weight excluding hydrogens is 348 g/mol. The predicted octanol–water partition coefficient (Wildman–Crippen LogP) is 3.09. The van der Waals surface area contributed by atoms with Crippen molar-refractivity contribution in [3.05, 3.63) is 54.0 Å². The van der Waals surface area contributed by atoms with Crippen molar-refractivity contribution >= 4 is 23.5 Å². The Labute approximate surface area is 158 Å². The molecule has 0 fully saturated rings. The summed E-state index contributed by atoms with van der Waals surface area (Å²) in [6.45, 7) is 3.98. The molecule has 0 aliphatic carbocycles. The van der Waals surface area contributed by atoms with Crippen molar-refractivity contribution in [1.82, 2.24) is 5.32 Å². The minimum atomic E-state index is -0.572. The van der Waals surface area contributed by atoms with E-state index < -0.39 is 17.8 Å². The third-order valence-corrected chi connectivity index (χ3v) is 4.10. The number of hydrogen-bond acceptors (Lipinski definition) is 5. The lowest BCUT2D eigenvalue weighted by Gasteiger charge is -2.10. The van der Waals surface area contributed by atoms with E-state index in [0.717, 1.165) is 6.42 Å². The third kappa shape index (κ3) is 6.62. The van der Waals surface area contributed by atoms with Crippen LogP contribution in [0, 0.1) is 0 Å². The molecule has 1 heterocycles. The van der Waals surface area contributed by atoms with E-state index in [1.165, 1.54) is 17.9 Å². The van der Waals surface area contributed by atoms with Crippen molar-refractivity contribution in [3.63, 3.8) is 0 Å². The van der Waals surface area contributed by atoms with Crippen LogP contribution in [0.2, 0.25) is 0 Å². The van der Waals surface area contributed by atoms with Crippen molar-refractivity contribution in [2.45, 2.75) is 32.6 Å². The van der Waals surface area contributed by atoms with Crippen molar-refractivity contribution in [2.24, 2.45) is 0 Å². The zero-order valence-electron chi connectivity index (χ0n) is 15.5. The largest absolute Gasteiger partial charge is 0.459 e. The van der Waals surface area contributed by atoms with Crippen LogP contribution in [0.4, 0.5) is 5.69 Å². The summed E-state index contributed by atoms with van der Waals surface area (Å²) in [5, 5.41) is 5.20. The SMILES string of the molecule is CC[C@H](C)c1ccc(NC(=O)COC(=O)CCNC(=O)c2ccco2)cc1. The Morgan fingerprint density at radius 3 is 2.52 bits per heavy atom. The van der Waals surface area contributed by atoms with Crippen LogP contribution in [0.1, 0.15) is 48.7 Å². The maximum Gasteiger partial charge on any atom is 0.308 e. The minimum absolute atomic E-state index is 0.0384. The molecule has 1 aromatic heterocycles. The van der Waals surface area contributed by atoms with E-state index in [9.17, 15) is 14.4 Å². The molecule has 2 amide bonds. The maximum absolute atomic E-state index is 11.9. The van der Waals surface area contributed by atoms with Gasteiger partial charge in [0.1, 0.15) is 0 Å². The Balaban J connectivity index is 1.65. The van der Waals surface area contributed by atoms with Gasteiger partial charge in [-0.1, -0.05) is 26.0 Å². The first-order valence-corrected chi connectivity index (χ1v) is 8.86. The Hall–Kier alpha value is -3.09. The molecular formula is C20H24N2O5. The summed E-state index contributed by atoms with van der Waals surface area (Å²) in [6, 6.07) is 10.7. The Morgan fingerprint density at radius 2 is 1.89 bits per heavy atom. The quantitative estimate of drug-likeness (QED) is 0.659. The van der Waals surface area contributed by atoms with Crippen molar-refractivity contribution in [2.75, 3.05) is 18.5 Å². The number of hydrogen-bond donors (Lipinski definition) is 2. The van der Waals surface area contributed by atoms with Gasteiger partial charge in [0.2, 0.25) is 0 Å². The number of amides is 2. The number of benzene rings is 1.